The van der Waals surface area contributed by atoms with Crippen molar-refractivity contribution in [2.24, 2.45) is 10.9 Å². The van der Waals surface area contributed by atoms with Crippen LogP contribution in [0.15, 0.2) is 29.4 Å². The molecule has 0 atom stereocenters. The molecular weight excluding hydrogens is 196 g/mol. The van der Waals surface area contributed by atoms with Crippen LogP contribution in [0.2, 0.25) is 0 Å². The van der Waals surface area contributed by atoms with E-state index in [2.05, 4.69) is 5.10 Å². The second kappa shape index (κ2) is 4.01. The normalized spacial score (nSPS) is 13.0. The molecule has 1 aromatic rings. The first-order chi connectivity index (χ1) is 6.45. The molecule has 0 spiro atoms. The number of benzene rings is 1. The summed E-state index contributed by atoms with van der Waals surface area (Å²) in [5.74, 6) is 5.34. The van der Waals surface area contributed by atoms with Crippen LogP contribution in [0.3, 0.4) is 0 Å². The van der Waals surface area contributed by atoms with Crippen LogP contribution in [0, 0.1) is 6.92 Å². The van der Waals surface area contributed by atoms with Gasteiger partial charge in [0.25, 0.3) is 0 Å². The third-order valence-electron chi connectivity index (χ3n) is 1.98. The maximum Gasteiger partial charge on any atom is 0.0876 e. The molecule has 76 valence electrons. The van der Waals surface area contributed by atoms with Crippen LogP contribution >= 0.6 is 11.6 Å². The lowest BCUT2D eigenvalue weighted by atomic mass is 9.98. The van der Waals surface area contributed by atoms with E-state index in [9.17, 15) is 0 Å². The molecule has 2 nitrogen and oxygen atoms in total. The Hall–Kier alpha value is -1.02. The van der Waals surface area contributed by atoms with Gasteiger partial charge >= 0.3 is 0 Å². The van der Waals surface area contributed by atoms with Gasteiger partial charge in [0.05, 0.1) is 10.6 Å². The highest BCUT2D eigenvalue weighted by molar-refractivity contribution is 6.38. The summed E-state index contributed by atoms with van der Waals surface area (Å²) >= 11 is 6.18. The largest absolute Gasteiger partial charge is 0.323 e. The molecule has 0 bridgehead atoms. The highest BCUT2D eigenvalue weighted by Crippen LogP contribution is 2.21. The second-order valence-corrected chi connectivity index (χ2v) is 4.76. The first-order valence-corrected chi connectivity index (χ1v) is 4.87. The van der Waals surface area contributed by atoms with E-state index in [1.807, 2.05) is 45.0 Å². The smallest absolute Gasteiger partial charge is 0.0876 e. The lowest BCUT2D eigenvalue weighted by Gasteiger charge is -2.18. The zero-order valence-corrected chi connectivity index (χ0v) is 9.47. The second-order valence-electron chi connectivity index (χ2n) is 3.82. The van der Waals surface area contributed by atoms with Crippen molar-refractivity contribution >= 4 is 17.3 Å². The average Bonchev–Trinajstić information content (AvgIpc) is 2.02. The molecule has 0 amide bonds. The molecule has 0 aromatic heterocycles. The van der Waals surface area contributed by atoms with Gasteiger partial charge in [-0.05, 0) is 26.3 Å². The summed E-state index contributed by atoms with van der Waals surface area (Å²) in [6.07, 6.45) is 0. The number of hydrazone groups is 1. The quantitative estimate of drug-likeness (QED) is 0.347. The number of hydrogen-bond acceptors (Lipinski definition) is 2. The Balaban J connectivity index is 3.16. The van der Waals surface area contributed by atoms with Crippen molar-refractivity contribution in [3.05, 3.63) is 35.4 Å². The van der Waals surface area contributed by atoms with Crippen LogP contribution in [-0.2, 0) is 0 Å². The molecule has 14 heavy (non-hydrogen) atoms. The first kappa shape index (κ1) is 11.1. The van der Waals surface area contributed by atoms with Crippen molar-refractivity contribution in [1.29, 1.82) is 0 Å². The van der Waals surface area contributed by atoms with Gasteiger partial charge in [0, 0.05) is 0 Å². The van der Waals surface area contributed by atoms with E-state index in [-0.39, 0.29) is 0 Å². The highest BCUT2D eigenvalue weighted by Gasteiger charge is 2.23. The fourth-order valence-corrected chi connectivity index (χ4v) is 1.52. The van der Waals surface area contributed by atoms with Gasteiger partial charge in [-0.15, -0.1) is 11.6 Å². The Morgan fingerprint density at radius 2 is 2.07 bits per heavy atom. The topological polar surface area (TPSA) is 38.4 Å². The maximum absolute atomic E-state index is 6.18. The summed E-state index contributed by atoms with van der Waals surface area (Å²) in [5.41, 5.74) is 2.86. The predicted octanol–water partition coefficient (Wildman–Crippen LogP) is 2.68. The van der Waals surface area contributed by atoms with Gasteiger partial charge in [0.1, 0.15) is 0 Å². The number of halogens is 1. The molecule has 1 rings (SSSR count). The van der Waals surface area contributed by atoms with E-state index < -0.39 is 4.87 Å². The van der Waals surface area contributed by atoms with Gasteiger partial charge in [-0.2, -0.15) is 5.10 Å². The Labute approximate surface area is 89.8 Å². The third-order valence-corrected chi connectivity index (χ3v) is 2.16. The number of aryl methyl sites for hydroxylation is 1. The first-order valence-electron chi connectivity index (χ1n) is 4.49. The van der Waals surface area contributed by atoms with E-state index in [0.717, 1.165) is 5.56 Å². The molecule has 0 saturated carbocycles. The molecule has 0 radical (unpaired) electrons. The summed E-state index contributed by atoms with van der Waals surface area (Å²) < 4.78 is 0. The lowest BCUT2D eigenvalue weighted by Crippen LogP contribution is -2.27. The summed E-state index contributed by atoms with van der Waals surface area (Å²) in [7, 11) is 0. The number of alkyl halides is 1. The molecule has 0 heterocycles. The van der Waals surface area contributed by atoms with Gasteiger partial charge in [-0.25, -0.2) is 0 Å². The minimum Gasteiger partial charge on any atom is -0.323 e. The van der Waals surface area contributed by atoms with E-state index in [4.69, 9.17) is 17.4 Å². The number of nitrogens with zero attached hydrogens (tertiary/aromatic N) is 1. The van der Waals surface area contributed by atoms with Gasteiger partial charge < -0.3 is 5.84 Å². The molecule has 0 saturated heterocycles. The van der Waals surface area contributed by atoms with Crippen molar-refractivity contribution in [3.8, 4) is 0 Å². The lowest BCUT2D eigenvalue weighted by molar-refractivity contribution is 0.922. The maximum atomic E-state index is 6.18. The molecule has 3 heteroatoms. The van der Waals surface area contributed by atoms with Crippen molar-refractivity contribution in [2.45, 2.75) is 25.6 Å². The zero-order valence-electron chi connectivity index (χ0n) is 8.71. The molecule has 0 fully saturated rings. The van der Waals surface area contributed by atoms with Crippen molar-refractivity contribution in [3.63, 3.8) is 0 Å². The molecule has 0 aliphatic rings. The Kier molecular flexibility index (Phi) is 3.17. The van der Waals surface area contributed by atoms with Gasteiger partial charge in [0.2, 0.25) is 0 Å². The molecule has 2 N–H and O–H groups in total. The van der Waals surface area contributed by atoms with E-state index in [0.29, 0.717) is 5.71 Å². The van der Waals surface area contributed by atoms with Crippen LogP contribution in [0.25, 0.3) is 0 Å². The Bertz CT molecular complexity index is 351. The minimum absolute atomic E-state index is 0.539. The molecule has 0 aliphatic heterocycles. The average molecular weight is 211 g/mol. The number of nitrogens with two attached hydrogens (primary N) is 1. The van der Waals surface area contributed by atoms with E-state index in [1.54, 1.807) is 0 Å². The third kappa shape index (κ3) is 2.48. The van der Waals surface area contributed by atoms with Crippen LogP contribution in [0.1, 0.15) is 25.0 Å². The van der Waals surface area contributed by atoms with Crippen molar-refractivity contribution in [1.82, 2.24) is 0 Å². The minimum atomic E-state index is -0.539. The van der Waals surface area contributed by atoms with E-state index in [1.165, 1.54) is 5.56 Å². The van der Waals surface area contributed by atoms with Gasteiger partial charge in [-0.1, -0.05) is 29.8 Å². The Morgan fingerprint density at radius 1 is 1.43 bits per heavy atom. The SMILES string of the molecule is Cc1cccc(C(=NN)C(C)(C)Cl)c1. The molecule has 1 aromatic carbocycles. The highest BCUT2D eigenvalue weighted by atomic mass is 35.5. The predicted molar refractivity (Wildman–Crippen MR) is 61.8 cm³/mol. The fraction of sp³-hybridized carbons (Fsp3) is 0.364. The van der Waals surface area contributed by atoms with Gasteiger partial charge in [-0.3, -0.25) is 0 Å². The standard InChI is InChI=1S/C11H15ClN2/c1-8-5-4-6-9(7-8)10(14-13)11(2,3)12/h4-7H,13H2,1-3H3. The summed E-state index contributed by atoms with van der Waals surface area (Å²) in [6.45, 7) is 5.78. The van der Waals surface area contributed by atoms with E-state index >= 15 is 0 Å². The number of hydrogen-bond donors (Lipinski definition) is 1. The molecule has 0 aliphatic carbocycles. The number of rotatable bonds is 2. The van der Waals surface area contributed by atoms with Crippen LogP contribution in [0.5, 0.6) is 0 Å². The molecule has 0 unspecified atom stereocenters. The molecular formula is C11H15ClN2. The zero-order chi connectivity index (χ0) is 10.8. The van der Waals surface area contributed by atoms with Crippen molar-refractivity contribution in [2.75, 3.05) is 0 Å². The summed E-state index contributed by atoms with van der Waals surface area (Å²) in [6, 6.07) is 7.98. The fourth-order valence-electron chi connectivity index (χ4n) is 1.36. The van der Waals surface area contributed by atoms with Crippen LogP contribution < -0.4 is 5.84 Å². The van der Waals surface area contributed by atoms with Crippen molar-refractivity contribution < 1.29 is 0 Å². The van der Waals surface area contributed by atoms with Crippen LogP contribution in [-0.4, -0.2) is 10.6 Å². The monoisotopic (exact) mass is 210 g/mol. The van der Waals surface area contributed by atoms with Gasteiger partial charge in [0.15, 0.2) is 0 Å². The Morgan fingerprint density at radius 3 is 2.50 bits per heavy atom. The summed E-state index contributed by atoms with van der Waals surface area (Å²) in [4.78, 5) is -0.539. The summed E-state index contributed by atoms with van der Waals surface area (Å²) in [5, 5.41) is 3.76. The van der Waals surface area contributed by atoms with Crippen LogP contribution in [0.4, 0.5) is 0 Å².